The van der Waals surface area contributed by atoms with Crippen molar-refractivity contribution in [3.63, 3.8) is 0 Å². The molecule has 0 bridgehead atoms. The molecule has 3 aromatic rings. The van der Waals surface area contributed by atoms with E-state index >= 15 is 0 Å². The number of hydrogen-bond donors (Lipinski definition) is 3. The maximum absolute atomic E-state index is 13.5. The zero-order valence-corrected chi connectivity index (χ0v) is 18.5. The number of imidazole rings is 1. The molecule has 8 nitrogen and oxygen atoms in total. The number of anilines is 2. The van der Waals surface area contributed by atoms with Gasteiger partial charge in [-0.2, -0.15) is 0 Å². The number of fused-ring (bicyclic) bond motifs is 1. The summed E-state index contributed by atoms with van der Waals surface area (Å²) in [6.45, 7) is 3.92. The quantitative estimate of drug-likeness (QED) is 0.535. The largest absolute Gasteiger partial charge is 0.394 e. The topological polar surface area (TPSA) is 99.5 Å². The van der Waals surface area contributed by atoms with Crippen LogP contribution in [0.5, 0.6) is 0 Å². The molecular formula is C24H26FN5O3. The van der Waals surface area contributed by atoms with Crippen molar-refractivity contribution in [1.82, 2.24) is 19.8 Å². The number of amides is 2. The molecular weight excluding hydrogens is 425 g/mol. The van der Waals surface area contributed by atoms with E-state index in [9.17, 15) is 19.1 Å². The van der Waals surface area contributed by atoms with E-state index in [1.165, 1.54) is 19.1 Å². The first-order valence-corrected chi connectivity index (χ1v) is 10.7. The van der Waals surface area contributed by atoms with E-state index in [0.29, 0.717) is 24.6 Å². The molecule has 172 valence electrons. The Kier molecular flexibility index (Phi) is 6.41. The van der Waals surface area contributed by atoms with Gasteiger partial charge in [0.25, 0.3) is 0 Å². The normalized spacial score (nSPS) is 13.9. The van der Waals surface area contributed by atoms with E-state index in [2.05, 4.69) is 10.6 Å². The van der Waals surface area contributed by atoms with Crippen LogP contribution in [-0.4, -0.2) is 50.6 Å². The van der Waals surface area contributed by atoms with Crippen LogP contribution in [0.4, 0.5) is 15.9 Å². The Labute approximate surface area is 191 Å². The summed E-state index contributed by atoms with van der Waals surface area (Å²) in [6.07, 6.45) is 0. The molecule has 0 saturated heterocycles. The molecule has 0 saturated carbocycles. The maximum atomic E-state index is 13.5. The fourth-order valence-electron chi connectivity index (χ4n) is 3.88. The average molecular weight is 452 g/mol. The van der Waals surface area contributed by atoms with Gasteiger partial charge in [-0.15, -0.1) is 0 Å². The van der Waals surface area contributed by atoms with Gasteiger partial charge in [0.15, 0.2) is 0 Å². The summed E-state index contributed by atoms with van der Waals surface area (Å²) < 4.78 is 15.5. The number of aliphatic hydroxyl groups is 1. The first-order chi connectivity index (χ1) is 15.9. The van der Waals surface area contributed by atoms with Crippen LogP contribution in [0.2, 0.25) is 0 Å². The minimum absolute atomic E-state index is 0.221. The van der Waals surface area contributed by atoms with Gasteiger partial charge in [-0.1, -0.05) is 17.7 Å². The van der Waals surface area contributed by atoms with E-state index in [1.54, 1.807) is 17.0 Å². The van der Waals surface area contributed by atoms with Crippen LogP contribution in [0, 0.1) is 12.7 Å². The van der Waals surface area contributed by atoms with E-state index < -0.39 is 12.6 Å². The number of benzene rings is 2. The highest BCUT2D eigenvalue weighted by Gasteiger charge is 2.30. The Morgan fingerprint density at radius 1 is 1.12 bits per heavy atom. The Morgan fingerprint density at radius 3 is 2.45 bits per heavy atom. The zero-order chi connectivity index (χ0) is 23.5. The molecule has 1 atom stereocenters. The molecule has 2 heterocycles. The van der Waals surface area contributed by atoms with Gasteiger partial charge in [-0.25, -0.2) is 9.37 Å². The first-order valence-electron chi connectivity index (χ1n) is 10.7. The Hall–Kier alpha value is -3.72. The van der Waals surface area contributed by atoms with E-state index in [4.69, 9.17) is 4.98 Å². The van der Waals surface area contributed by atoms with Crippen molar-refractivity contribution in [1.29, 1.82) is 0 Å². The third kappa shape index (κ3) is 4.88. The third-order valence-corrected chi connectivity index (χ3v) is 5.57. The van der Waals surface area contributed by atoms with Gasteiger partial charge in [-0.3, -0.25) is 9.59 Å². The van der Waals surface area contributed by atoms with Crippen LogP contribution < -0.4 is 10.6 Å². The number of nitrogens with zero attached hydrogens (tertiary/aromatic N) is 3. The van der Waals surface area contributed by atoms with Crippen molar-refractivity contribution in [2.24, 2.45) is 0 Å². The smallest absolute Gasteiger partial charge is 0.248 e. The summed E-state index contributed by atoms with van der Waals surface area (Å²) in [5, 5.41) is 15.5. The minimum atomic E-state index is -0.995. The molecule has 0 radical (unpaired) electrons. The molecule has 0 spiro atoms. The summed E-state index contributed by atoms with van der Waals surface area (Å²) in [4.78, 5) is 30.6. The Bertz CT molecular complexity index is 1160. The number of aromatic nitrogens is 2. The lowest BCUT2D eigenvalue weighted by Gasteiger charge is -2.31. The minimum Gasteiger partial charge on any atom is -0.394 e. The van der Waals surface area contributed by atoms with Crippen molar-refractivity contribution in [3.8, 4) is 11.3 Å². The molecule has 2 amide bonds. The number of aryl methyl sites for hydroxylation is 1. The van der Waals surface area contributed by atoms with Crippen LogP contribution in [0.1, 0.15) is 18.3 Å². The lowest BCUT2D eigenvalue weighted by atomic mass is 10.1. The standard InChI is InChI=1S/C24H26FN5O3/c1-15-3-9-19(10-4-15)27-23-22(17-5-7-18(25)8-6-17)28-21-13-29(11-12-30(21)23)24(33)20(14-31)26-16(2)32/h3-10,20,27,31H,11-14H2,1-2H3,(H,26,32)/t20-/m0/s1. The van der Waals surface area contributed by atoms with Crippen molar-refractivity contribution < 1.29 is 19.1 Å². The van der Waals surface area contributed by atoms with Gasteiger partial charge in [0.1, 0.15) is 29.2 Å². The highest BCUT2D eigenvalue weighted by Crippen LogP contribution is 2.33. The molecule has 3 N–H and O–H groups in total. The number of carbonyl (C=O) groups is 2. The molecule has 1 aromatic heterocycles. The predicted octanol–water partition coefficient (Wildman–Crippen LogP) is 2.58. The van der Waals surface area contributed by atoms with E-state index in [0.717, 1.165) is 22.6 Å². The number of nitrogens with one attached hydrogen (secondary N) is 2. The molecule has 0 fully saturated rings. The number of halogens is 1. The van der Waals surface area contributed by atoms with Gasteiger partial charge in [0.05, 0.1) is 13.2 Å². The lowest BCUT2D eigenvalue weighted by molar-refractivity contribution is -0.138. The van der Waals surface area contributed by atoms with E-state index in [-0.39, 0.29) is 24.2 Å². The van der Waals surface area contributed by atoms with Crippen molar-refractivity contribution in [3.05, 3.63) is 65.7 Å². The van der Waals surface area contributed by atoms with Crippen LogP contribution in [0.3, 0.4) is 0 Å². The summed E-state index contributed by atoms with van der Waals surface area (Å²) in [5.41, 5.74) is 3.43. The van der Waals surface area contributed by atoms with Gasteiger partial charge in [0, 0.05) is 31.3 Å². The number of aliphatic hydroxyl groups excluding tert-OH is 1. The number of carbonyl (C=O) groups excluding carboxylic acids is 2. The van der Waals surface area contributed by atoms with Gasteiger partial charge in [-0.05, 0) is 43.3 Å². The third-order valence-electron chi connectivity index (χ3n) is 5.57. The summed E-state index contributed by atoms with van der Waals surface area (Å²) in [6, 6.07) is 13.1. The second kappa shape index (κ2) is 9.41. The van der Waals surface area contributed by atoms with E-state index in [1.807, 2.05) is 35.8 Å². The van der Waals surface area contributed by atoms with Crippen LogP contribution in [0.25, 0.3) is 11.3 Å². The maximum Gasteiger partial charge on any atom is 0.248 e. The zero-order valence-electron chi connectivity index (χ0n) is 18.5. The Balaban J connectivity index is 1.68. The molecule has 33 heavy (non-hydrogen) atoms. The summed E-state index contributed by atoms with van der Waals surface area (Å²) >= 11 is 0. The highest BCUT2D eigenvalue weighted by molar-refractivity contribution is 5.87. The molecule has 2 aromatic carbocycles. The van der Waals surface area contributed by atoms with Gasteiger partial charge in [0.2, 0.25) is 11.8 Å². The molecule has 9 heteroatoms. The molecule has 4 rings (SSSR count). The van der Waals surface area contributed by atoms with Crippen LogP contribution in [-0.2, 0) is 22.7 Å². The fraction of sp³-hybridized carbons (Fsp3) is 0.292. The SMILES string of the molecule is CC(=O)N[C@@H](CO)C(=O)N1CCn2c(nc(-c3ccc(F)cc3)c2Nc2ccc(C)cc2)C1. The number of rotatable bonds is 6. The van der Waals surface area contributed by atoms with Gasteiger partial charge < -0.3 is 25.2 Å². The molecule has 1 aliphatic heterocycles. The molecule has 1 aliphatic rings. The molecule has 0 aliphatic carbocycles. The van der Waals surface area contributed by atoms with Crippen molar-refractivity contribution >= 4 is 23.3 Å². The average Bonchev–Trinajstić information content (AvgIpc) is 3.16. The lowest BCUT2D eigenvalue weighted by Crippen LogP contribution is -2.51. The van der Waals surface area contributed by atoms with Crippen LogP contribution in [0.15, 0.2) is 48.5 Å². The van der Waals surface area contributed by atoms with Crippen molar-refractivity contribution in [2.45, 2.75) is 33.0 Å². The predicted molar refractivity (Wildman–Crippen MR) is 122 cm³/mol. The highest BCUT2D eigenvalue weighted by atomic mass is 19.1. The van der Waals surface area contributed by atoms with Gasteiger partial charge >= 0.3 is 0 Å². The monoisotopic (exact) mass is 451 g/mol. The second-order valence-electron chi connectivity index (χ2n) is 8.07. The number of hydrogen-bond acceptors (Lipinski definition) is 5. The molecule has 0 unspecified atom stereocenters. The van der Waals surface area contributed by atoms with Crippen molar-refractivity contribution in [2.75, 3.05) is 18.5 Å². The Morgan fingerprint density at radius 2 is 1.82 bits per heavy atom. The summed E-state index contributed by atoms with van der Waals surface area (Å²) in [7, 11) is 0. The first kappa shape index (κ1) is 22.5. The van der Waals surface area contributed by atoms with Crippen LogP contribution >= 0.6 is 0 Å². The fourth-order valence-corrected chi connectivity index (χ4v) is 3.88. The summed E-state index contributed by atoms with van der Waals surface area (Å²) in [5.74, 6) is 0.333. The second-order valence-corrected chi connectivity index (χ2v) is 8.07.